The summed E-state index contributed by atoms with van der Waals surface area (Å²) in [6.45, 7) is 9.54. The van der Waals surface area contributed by atoms with E-state index >= 15 is 0 Å². The SMILES string of the molecule is CC(C)N1CC(C#N)C(C)(C)S1. The Morgan fingerprint density at radius 2 is 2.17 bits per heavy atom. The van der Waals surface area contributed by atoms with Crippen LogP contribution in [0.5, 0.6) is 0 Å². The van der Waals surface area contributed by atoms with Crippen molar-refractivity contribution in [3.63, 3.8) is 0 Å². The maximum absolute atomic E-state index is 8.91. The molecule has 0 bridgehead atoms. The Balaban J connectivity index is 2.68. The molecule has 0 aromatic rings. The number of hydrogen-bond acceptors (Lipinski definition) is 3. The first-order valence-electron chi connectivity index (χ1n) is 4.33. The summed E-state index contributed by atoms with van der Waals surface area (Å²) in [6, 6.07) is 2.91. The van der Waals surface area contributed by atoms with E-state index in [4.69, 9.17) is 5.26 Å². The van der Waals surface area contributed by atoms with Gasteiger partial charge in [-0.05, 0) is 27.7 Å². The fourth-order valence-electron chi connectivity index (χ4n) is 1.32. The van der Waals surface area contributed by atoms with E-state index in [1.54, 1.807) is 0 Å². The van der Waals surface area contributed by atoms with Crippen LogP contribution >= 0.6 is 11.9 Å². The summed E-state index contributed by atoms with van der Waals surface area (Å²) in [5, 5.41) is 8.91. The molecule has 2 nitrogen and oxygen atoms in total. The minimum absolute atomic E-state index is 0.0963. The summed E-state index contributed by atoms with van der Waals surface area (Å²) < 4.78 is 2.40. The zero-order valence-electron chi connectivity index (χ0n) is 8.16. The molecule has 68 valence electrons. The number of rotatable bonds is 1. The lowest BCUT2D eigenvalue weighted by Gasteiger charge is -2.21. The van der Waals surface area contributed by atoms with E-state index in [1.807, 2.05) is 11.9 Å². The molecule has 1 fully saturated rings. The van der Waals surface area contributed by atoms with Gasteiger partial charge in [-0.1, -0.05) is 11.9 Å². The fraction of sp³-hybridized carbons (Fsp3) is 0.889. The zero-order valence-corrected chi connectivity index (χ0v) is 8.98. The van der Waals surface area contributed by atoms with Crippen molar-refractivity contribution in [3.05, 3.63) is 0 Å². The molecule has 1 saturated heterocycles. The largest absolute Gasteiger partial charge is 0.246 e. The van der Waals surface area contributed by atoms with Gasteiger partial charge in [-0.3, -0.25) is 0 Å². The van der Waals surface area contributed by atoms with Crippen molar-refractivity contribution in [2.75, 3.05) is 6.54 Å². The molecule has 0 saturated carbocycles. The van der Waals surface area contributed by atoms with E-state index < -0.39 is 0 Å². The Labute approximate surface area is 79.1 Å². The highest BCUT2D eigenvalue weighted by molar-refractivity contribution is 7.98. The van der Waals surface area contributed by atoms with E-state index in [-0.39, 0.29) is 10.7 Å². The molecule has 1 heterocycles. The fourth-order valence-corrected chi connectivity index (χ4v) is 2.61. The van der Waals surface area contributed by atoms with Crippen LogP contribution in [0.15, 0.2) is 0 Å². The monoisotopic (exact) mass is 184 g/mol. The molecule has 1 unspecified atom stereocenters. The predicted molar refractivity (Wildman–Crippen MR) is 52.6 cm³/mol. The molecular weight excluding hydrogens is 168 g/mol. The van der Waals surface area contributed by atoms with Gasteiger partial charge >= 0.3 is 0 Å². The molecule has 12 heavy (non-hydrogen) atoms. The Bertz CT molecular complexity index is 205. The highest BCUT2D eigenvalue weighted by Gasteiger charge is 2.41. The molecule has 0 N–H and O–H groups in total. The van der Waals surface area contributed by atoms with E-state index in [9.17, 15) is 0 Å². The van der Waals surface area contributed by atoms with Crippen molar-refractivity contribution in [2.45, 2.75) is 38.5 Å². The van der Waals surface area contributed by atoms with Crippen LogP contribution in [-0.2, 0) is 0 Å². The molecule has 1 aliphatic rings. The Morgan fingerprint density at radius 1 is 1.58 bits per heavy atom. The number of hydrogen-bond donors (Lipinski definition) is 0. The van der Waals surface area contributed by atoms with Gasteiger partial charge in [-0.25, -0.2) is 4.31 Å². The summed E-state index contributed by atoms with van der Waals surface area (Å²) in [5.74, 6) is 0.171. The first-order valence-corrected chi connectivity index (χ1v) is 5.10. The maximum Gasteiger partial charge on any atom is 0.0753 e. The van der Waals surface area contributed by atoms with Gasteiger partial charge in [0.2, 0.25) is 0 Å². The molecule has 0 spiro atoms. The van der Waals surface area contributed by atoms with Crippen LogP contribution in [-0.4, -0.2) is 21.6 Å². The smallest absolute Gasteiger partial charge is 0.0753 e. The summed E-state index contributed by atoms with van der Waals surface area (Å²) in [4.78, 5) is 0. The minimum atomic E-state index is 0.0963. The van der Waals surface area contributed by atoms with Crippen molar-refractivity contribution in [3.8, 4) is 6.07 Å². The Hall–Kier alpha value is -0.200. The Kier molecular flexibility index (Phi) is 2.70. The van der Waals surface area contributed by atoms with Gasteiger partial charge < -0.3 is 0 Å². The summed E-state index contributed by atoms with van der Waals surface area (Å²) in [5.41, 5.74) is 0. The van der Waals surface area contributed by atoms with E-state index in [0.717, 1.165) is 6.54 Å². The highest BCUT2D eigenvalue weighted by atomic mass is 32.2. The average molecular weight is 184 g/mol. The van der Waals surface area contributed by atoms with Crippen LogP contribution in [0, 0.1) is 17.2 Å². The van der Waals surface area contributed by atoms with Gasteiger partial charge in [0, 0.05) is 17.3 Å². The summed E-state index contributed by atoms with van der Waals surface area (Å²) in [7, 11) is 0. The quantitative estimate of drug-likeness (QED) is 0.585. The van der Waals surface area contributed by atoms with Crippen molar-refractivity contribution in [2.24, 2.45) is 5.92 Å². The molecule has 1 rings (SSSR count). The molecule has 1 atom stereocenters. The van der Waals surface area contributed by atoms with Gasteiger partial charge in [0.15, 0.2) is 0 Å². The van der Waals surface area contributed by atoms with Gasteiger partial charge in [-0.15, -0.1) is 0 Å². The van der Waals surface area contributed by atoms with Crippen LogP contribution in [0.25, 0.3) is 0 Å². The molecule has 1 aliphatic heterocycles. The van der Waals surface area contributed by atoms with E-state index in [0.29, 0.717) is 6.04 Å². The average Bonchev–Trinajstić information content (AvgIpc) is 2.25. The first-order chi connectivity index (χ1) is 5.47. The summed E-state index contributed by atoms with van der Waals surface area (Å²) in [6.07, 6.45) is 0. The molecule has 0 aromatic carbocycles. The third kappa shape index (κ3) is 1.75. The van der Waals surface area contributed by atoms with E-state index in [2.05, 4.69) is 38.1 Å². The van der Waals surface area contributed by atoms with Crippen molar-refractivity contribution in [1.29, 1.82) is 5.26 Å². The van der Waals surface area contributed by atoms with Gasteiger partial charge in [-0.2, -0.15) is 5.26 Å². The second-order valence-electron chi connectivity index (χ2n) is 4.07. The molecule has 0 radical (unpaired) electrons. The van der Waals surface area contributed by atoms with E-state index in [1.165, 1.54) is 0 Å². The minimum Gasteiger partial charge on any atom is -0.246 e. The van der Waals surface area contributed by atoms with Gasteiger partial charge in [0.05, 0.1) is 12.0 Å². The number of nitrogens with zero attached hydrogens (tertiary/aromatic N) is 2. The van der Waals surface area contributed by atoms with Crippen molar-refractivity contribution < 1.29 is 0 Å². The van der Waals surface area contributed by atoms with Crippen LogP contribution < -0.4 is 0 Å². The normalized spacial score (nSPS) is 29.2. The van der Waals surface area contributed by atoms with Crippen LogP contribution in [0.2, 0.25) is 0 Å². The van der Waals surface area contributed by atoms with Crippen LogP contribution in [0.4, 0.5) is 0 Å². The van der Waals surface area contributed by atoms with Crippen molar-refractivity contribution >= 4 is 11.9 Å². The Morgan fingerprint density at radius 3 is 2.42 bits per heavy atom. The molecule has 0 amide bonds. The predicted octanol–water partition coefficient (Wildman–Crippen LogP) is 2.28. The zero-order chi connectivity index (χ0) is 9.35. The standard InChI is InChI=1S/C9H16N2S/c1-7(2)11-6-8(5-10)9(3,4)12-11/h7-8H,6H2,1-4H3. The maximum atomic E-state index is 8.91. The lowest BCUT2D eigenvalue weighted by atomic mass is 9.96. The number of nitriles is 1. The third-order valence-corrected chi connectivity index (χ3v) is 3.85. The topological polar surface area (TPSA) is 27.0 Å². The third-order valence-electron chi connectivity index (χ3n) is 2.29. The van der Waals surface area contributed by atoms with Crippen LogP contribution in [0.1, 0.15) is 27.7 Å². The molecule has 0 aliphatic carbocycles. The lowest BCUT2D eigenvalue weighted by molar-refractivity contribution is 0.378. The molecular formula is C9H16N2S. The summed E-state index contributed by atoms with van der Waals surface area (Å²) >= 11 is 1.82. The first kappa shape index (κ1) is 9.88. The highest BCUT2D eigenvalue weighted by Crippen LogP contribution is 2.43. The van der Waals surface area contributed by atoms with Crippen molar-refractivity contribution in [1.82, 2.24) is 4.31 Å². The molecule has 0 aromatic heterocycles. The lowest BCUT2D eigenvalue weighted by Crippen LogP contribution is -2.23. The van der Waals surface area contributed by atoms with Gasteiger partial charge in [0.25, 0.3) is 0 Å². The molecule has 3 heteroatoms. The second kappa shape index (κ2) is 3.27. The van der Waals surface area contributed by atoms with Gasteiger partial charge in [0.1, 0.15) is 0 Å². The van der Waals surface area contributed by atoms with Crippen LogP contribution in [0.3, 0.4) is 0 Å². The second-order valence-corrected chi connectivity index (χ2v) is 5.77.